The normalized spacial score (nSPS) is 21.8. The Kier molecular flexibility index (Phi) is 5.75. The lowest BCUT2D eigenvalue weighted by atomic mass is 9.91. The van der Waals surface area contributed by atoms with Gasteiger partial charge in [-0.15, -0.1) is 11.3 Å². The molecule has 1 aromatic heterocycles. The number of carbonyl (C=O) groups is 2. The highest BCUT2D eigenvalue weighted by Gasteiger charge is 2.36. The molecule has 0 aliphatic carbocycles. The third-order valence-electron chi connectivity index (χ3n) is 4.32. The lowest BCUT2D eigenvalue weighted by molar-refractivity contribution is -0.138. The Labute approximate surface area is 140 Å². The first-order chi connectivity index (χ1) is 10.8. The maximum Gasteiger partial charge on any atom is 0.317 e. The number of carbonyl (C=O) groups excluding carboxylic acids is 1. The Morgan fingerprint density at radius 2 is 2.13 bits per heavy atom. The molecule has 128 valence electrons. The molecule has 7 heteroatoms. The predicted octanol–water partition coefficient (Wildman–Crippen LogP) is 1.78. The number of carboxylic acid groups (broad SMARTS) is 1. The first-order valence-electron chi connectivity index (χ1n) is 8.03. The van der Waals surface area contributed by atoms with Gasteiger partial charge in [0.2, 0.25) is 0 Å². The average molecular weight is 339 g/mol. The van der Waals surface area contributed by atoms with Gasteiger partial charge in [0, 0.05) is 19.1 Å². The number of aliphatic carboxylic acids is 1. The fourth-order valence-electron chi connectivity index (χ4n) is 3.18. The molecule has 0 spiro atoms. The SMILES string of the molecule is CCc1nc(C)sc1C(=O)N[C@H]1CN(CC(=O)O)C[C@@H]1C(C)C. The van der Waals surface area contributed by atoms with Crippen LogP contribution in [0.15, 0.2) is 0 Å². The molecule has 2 N–H and O–H groups in total. The lowest BCUT2D eigenvalue weighted by Gasteiger charge is -2.22. The first-order valence-corrected chi connectivity index (χ1v) is 8.84. The number of likely N-dealkylation sites (tertiary alicyclic amines) is 1. The minimum Gasteiger partial charge on any atom is -0.480 e. The van der Waals surface area contributed by atoms with Crippen molar-refractivity contribution in [3.8, 4) is 0 Å². The third-order valence-corrected chi connectivity index (χ3v) is 5.33. The Bertz CT molecular complexity index is 585. The van der Waals surface area contributed by atoms with Crippen molar-refractivity contribution >= 4 is 23.2 Å². The molecule has 2 atom stereocenters. The highest BCUT2D eigenvalue weighted by molar-refractivity contribution is 7.13. The zero-order chi connectivity index (χ0) is 17.1. The zero-order valence-corrected chi connectivity index (χ0v) is 14.9. The van der Waals surface area contributed by atoms with Gasteiger partial charge in [0.05, 0.1) is 17.2 Å². The van der Waals surface area contributed by atoms with E-state index < -0.39 is 5.97 Å². The van der Waals surface area contributed by atoms with Crippen molar-refractivity contribution in [1.29, 1.82) is 0 Å². The maximum atomic E-state index is 12.6. The number of carboxylic acids is 1. The molecule has 1 fully saturated rings. The molecule has 2 heterocycles. The van der Waals surface area contributed by atoms with Crippen LogP contribution in [0.25, 0.3) is 0 Å². The van der Waals surface area contributed by atoms with Gasteiger partial charge >= 0.3 is 5.97 Å². The second-order valence-electron chi connectivity index (χ2n) is 6.44. The number of amides is 1. The molecule has 0 unspecified atom stereocenters. The van der Waals surface area contributed by atoms with Crippen LogP contribution in [-0.4, -0.2) is 52.5 Å². The highest BCUT2D eigenvalue weighted by atomic mass is 32.1. The van der Waals surface area contributed by atoms with Crippen LogP contribution in [0.1, 0.15) is 41.1 Å². The van der Waals surface area contributed by atoms with Gasteiger partial charge in [-0.2, -0.15) is 0 Å². The largest absolute Gasteiger partial charge is 0.480 e. The minimum absolute atomic E-state index is 0.0195. The van der Waals surface area contributed by atoms with E-state index in [1.807, 2.05) is 18.7 Å². The molecule has 1 saturated heterocycles. The van der Waals surface area contributed by atoms with Crippen molar-refractivity contribution in [3.63, 3.8) is 0 Å². The number of thiazole rings is 1. The van der Waals surface area contributed by atoms with Gasteiger partial charge < -0.3 is 10.4 Å². The predicted molar refractivity (Wildman–Crippen MR) is 89.9 cm³/mol. The second-order valence-corrected chi connectivity index (χ2v) is 7.64. The quantitative estimate of drug-likeness (QED) is 0.825. The van der Waals surface area contributed by atoms with E-state index in [4.69, 9.17) is 5.11 Å². The average Bonchev–Trinajstić information content (AvgIpc) is 3.01. The molecule has 0 aromatic carbocycles. The summed E-state index contributed by atoms with van der Waals surface area (Å²) in [7, 11) is 0. The molecule has 23 heavy (non-hydrogen) atoms. The zero-order valence-electron chi connectivity index (χ0n) is 14.1. The van der Waals surface area contributed by atoms with Gasteiger partial charge in [0.25, 0.3) is 5.91 Å². The number of rotatable bonds is 6. The van der Waals surface area contributed by atoms with Crippen LogP contribution in [0.5, 0.6) is 0 Å². The molecule has 1 amide bonds. The summed E-state index contributed by atoms with van der Waals surface area (Å²) in [6.07, 6.45) is 0.733. The molecule has 0 saturated carbocycles. The molecule has 0 bridgehead atoms. The summed E-state index contributed by atoms with van der Waals surface area (Å²) in [4.78, 5) is 30.5. The van der Waals surface area contributed by atoms with E-state index in [1.54, 1.807) is 0 Å². The molecular weight excluding hydrogens is 314 g/mol. The van der Waals surface area contributed by atoms with E-state index in [0.29, 0.717) is 23.9 Å². The molecule has 2 rings (SSSR count). The van der Waals surface area contributed by atoms with Crippen molar-refractivity contribution in [2.75, 3.05) is 19.6 Å². The monoisotopic (exact) mass is 339 g/mol. The van der Waals surface area contributed by atoms with Crippen molar-refractivity contribution < 1.29 is 14.7 Å². The van der Waals surface area contributed by atoms with E-state index in [-0.39, 0.29) is 24.4 Å². The van der Waals surface area contributed by atoms with Crippen molar-refractivity contribution in [2.24, 2.45) is 11.8 Å². The van der Waals surface area contributed by atoms with Crippen molar-refractivity contribution in [3.05, 3.63) is 15.6 Å². The fraction of sp³-hybridized carbons (Fsp3) is 0.688. The number of aromatic nitrogens is 1. The Hall–Kier alpha value is -1.47. The molecule has 1 aliphatic heterocycles. The molecule has 1 aromatic rings. The summed E-state index contributed by atoms with van der Waals surface area (Å²) in [6.45, 7) is 9.44. The van der Waals surface area contributed by atoms with Crippen molar-refractivity contribution in [1.82, 2.24) is 15.2 Å². The van der Waals surface area contributed by atoms with Gasteiger partial charge in [0.1, 0.15) is 4.88 Å². The van der Waals surface area contributed by atoms with Gasteiger partial charge in [-0.1, -0.05) is 20.8 Å². The lowest BCUT2D eigenvalue weighted by Crippen LogP contribution is -2.42. The van der Waals surface area contributed by atoms with E-state index in [1.165, 1.54) is 11.3 Å². The van der Waals surface area contributed by atoms with Crippen LogP contribution in [-0.2, 0) is 11.2 Å². The Morgan fingerprint density at radius 1 is 1.43 bits per heavy atom. The second kappa shape index (κ2) is 7.40. The van der Waals surface area contributed by atoms with E-state index >= 15 is 0 Å². The summed E-state index contributed by atoms with van der Waals surface area (Å²) in [5, 5.41) is 13.0. The summed E-state index contributed by atoms with van der Waals surface area (Å²) in [5.41, 5.74) is 0.839. The molecule has 0 radical (unpaired) electrons. The van der Waals surface area contributed by atoms with Gasteiger partial charge in [-0.05, 0) is 25.2 Å². The summed E-state index contributed by atoms with van der Waals surface area (Å²) in [6, 6.07) is -0.0195. The molecule has 1 aliphatic rings. The van der Waals surface area contributed by atoms with Crippen molar-refractivity contribution in [2.45, 2.75) is 40.2 Å². The smallest absolute Gasteiger partial charge is 0.317 e. The third kappa shape index (κ3) is 4.29. The van der Waals surface area contributed by atoms with E-state index in [2.05, 4.69) is 24.1 Å². The van der Waals surface area contributed by atoms with Crippen LogP contribution >= 0.6 is 11.3 Å². The Morgan fingerprint density at radius 3 is 2.70 bits per heavy atom. The molecule has 6 nitrogen and oxygen atoms in total. The summed E-state index contributed by atoms with van der Waals surface area (Å²) >= 11 is 1.42. The summed E-state index contributed by atoms with van der Waals surface area (Å²) in [5.74, 6) is -0.267. The number of aryl methyl sites for hydroxylation is 2. The number of hydrogen-bond acceptors (Lipinski definition) is 5. The fourth-order valence-corrected chi connectivity index (χ4v) is 4.09. The van der Waals surface area contributed by atoms with E-state index in [9.17, 15) is 9.59 Å². The van der Waals surface area contributed by atoms with Crippen LogP contribution in [0.4, 0.5) is 0 Å². The topological polar surface area (TPSA) is 82.5 Å². The summed E-state index contributed by atoms with van der Waals surface area (Å²) < 4.78 is 0. The van der Waals surface area contributed by atoms with Crippen LogP contribution in [0, 0.1) is 18.8 Å². The standard InChI is InChI=1S/C16H25N3O3S/c1-5-12-15(23-10(4)17-12)16(22)18-13-7-19(8-14(20)21)6-11(13)9(2)3/h9,11,13H,5-8H2,1-4H3,(H,18,22)(H,20,21)/t11-,13+/m1/s1. The van der Waals surface area contributed by atoms with Gasteiger partial charge in [-0.25, -0.2) is 4.98 Å². The van der Waals surface area contributed by atoms with Gasteiger partial charge in [-0.3, -0.25) is 14.5 Å². The maximum absolute atomic E-state index is 12.6. The van der Waals surface area contributed by atoms with Crippen LogP contribution in [0.3, 0.4) is 0 Å². The number of nitrogens with zero attached hydrogens (tertiary/aromatic N) is 2. The Balaban J connectivity index is 2.10. The van der Waals surface area contributed by atoms with Crippen LogP contribution in [0.2, 0.25) is 0 Å². The van der Waals surface area contributed by atoms with Gasteiger partial charge in [0.15, 0.2) is 0 Å². The van der Waals surface area contributed by atoms with E-state index in [0.717, 1.165) is 17.1 Å². The minimum atomic E-state index is -0.828. The van der Waals surface area contributed by atoms with Crippen LogP contribution < -0.4 is 5.32 Å². The first kappa shape index (κ1) is 17.9. The number of nitrogens with one attached hydrogen (secondary N) is 1. The number of hydrogen-bond donors (Lipinski definition) is 2. The molecular formula is C16H25N3O3S. The highest BCUT2D eigenvalue weighted by Crippen LogP contribution is 2.25.